The molecular weight excluding hydrogens is 252 g/mol. The number of carbonyl (C=O) groups excluding carboxylic acids is 2. The van der Waals surface area contributed by atoms with Gasteiger partial charge in [-0.1, -0.05) is 30.3 Å². The molecule has 106 valence electrons. The van der Waals surface area contributed by atoms with Crippen LogP contribution in [-0.4, -0.2) is 35.8 Å². The van der Waals surface area contributed by atoms with Crippen molar-refractivity contribution in [2.75, 3.05) is 13.1 Å². The fourth-order valence-electron chi connectivity index (χ4n) is 2.66. The van der Waals surface area contributed by atoms with Crippen molar-refractivity contribution < 1.29 is 9.59 Å². The fourth-order valence-corrected chi connectivity index (χ4v) is 2.66. The van der Waals surface area contributed by atoms with Crippen LogP contribution in [0.1, 0.15) is 24.8 Å². The lowest BCUT2D eigenvalue weighted by molar-refractivity contribution is -0.127. The van der Waals surface area contributed by atoms with E-state index in [-0.39, 0.29) is 23.8 Å². The van der Waals surface area contributed by atoms with Crippen LogP contribution in [0.5, 0.6) is 0 Å². The van der Waals surface area contributed by atoms with E-state index in [1.807, 2.05) is 23.1 Å². The molecule has 0 spiro atoms. The summed E-state index contributed by atoms with van der Waals surface area (Å²) in [4.78, 5) is 25.5. The standard InChI is InChI=1S/C16H20N2O2/c19-15-10-14(17-16(20)13-6-7-13)11-18(15)9-8-12-4-2-1-3-5-12/h1-5,13-14H,6-11H2,(H,17,20)/t14-/m1/s1. The first kappa shape index (κ1) is 13.2. The van der Waals surface area contributed by atoms with E-state index in [2.05, 4.69) is 17.4 Å². The van der Waals surface area contributed by atoms with Crippen LogP contribution in [0.3, 0.4) is 0 Å². The molecule has 1 saturated heterocycles. The number of hydrogen-bond acceptors (Lipinski definition) is 2. The van der Waals surface area contributed by atoms with Crippen molar-refractivity contribution in [2.24, 2.45) is 5.92 Å². The summed E-state index contributed by atoms with van der Waals surface area (Å²) in [5, 5.41) is 3.00. The van der Waals surface area contributed by atoms with Crippen LogP contribution < -0.4 is 5.32 Å². The number of nitrogens with one attached hydrogen (secondary N) is 1. The Morgan fingerprint density at radius 3 is 2.70 bits per heavy atom. The van der Waals surface area contributed by atoms with Gasteiger partial charge in [0.15, 0.2) is 0 Å². The number of hydrogen-bond donors (Lipinski definition) is 1. The zero-order valence-corrected chi connectivity index (χ0v) is 11.5. The molecule has 1 aliphatic heterocycles. The van der Waals surface area contributed by atoms with Crippen molar-refractivity contribution in [1.29, 1.82) is 0 Å². The zero-order chi connectivity index (χ0) is 13.9. The molecule has 1 aliphatic carbocycles. The monoisotopic (exact) mass is 272 g/mol. The zero-order valence-electron chi connectivity index (χ0n) is 11.5. The Labute approximate surface area is 119 Å². The van der Waals surface area contributed by atoms with Gasteiger partial charge in [0.2, 0.25) is 11.8 Å². The summed E-state index contributed by atoms with van der Waals surface area (Å²) in [5.41, 5.74) is 1.24. The number of amides is 2. The van der Waals surface area contributed by atoms with Gasteiger partial charge in [-0.05, 0) is 24.8 Å². The van der Waals surface area contributed by atoms with Gasteiger partial charge in [-0.15, -0.1) is 0 Å². The first-order valence-corrected chi connectivity index (χ1v) is 7.34. The Morgan fingerprint density at radius 1 is 1.25 bits per heavy atom. The van der Waals surface area contributed by atoms with Gasteiger partial charge in [-0.25, -0.2) is 0 Å². The van der Waals surface area contributed by atoms with Gasteiger partial charge in [-0.3, -0.25) is 9.59 Å². The maximum Gasteiger partial charge on any atom is 0.224 e. The smallest absolute Gasteiger partial charge is 0.224 e. The van der Waals surface area contributed by atoms with Crippen molar-refractivity contribution in [3.8, 4) is 0 Å². The molecule has 0 radical (unpaired) electrons. The SMILES string of the molecule is O=C(N[C@@H]1CC(=O)N(CCc2ccccc2)C1)C1CC1. The van der Waals surface area contributed by atoms with Gasteiger partial charge in [0.25, 0.3) is 0 Å². The molecule has 2 amide bonds. The molecule has 20 heavy (non-hydrogen) atoms. The molecule has 1 aromatic rings. The van der Waals surface area contributed by atoms with E-state index in [1.165, 1.54) is 5.56 Å². The quantitative estimate of drug-likeness (QED) is 0.880. The maximum atomic E-state index is 11.9. The highest BCUT2D eigenvalue weighted by Crippen LogP contribution is 2.29. The second-order valence-corrected chi connectivity index (χ2v) is 5.76. The lowest BCUT2D eigenvalue weighted by atomic mass is 10.1. The molecule has 1 aromatic carbocycles. The van der Waals surface area contributed by atoms with Crippen LogP contribution in [0, 0.1) is 5.92 Å². The van der Waals surface area contributed by atoms with Crippen molar-refractivity contribution in [1.82, 2.24) is 10.2 Å². The van der Waals surface area contributed by atoms with E-state index < -0.39 is 0 Å². The molecule has 1 atom stereocenters. The number of nitrogens with zero attached hydrogens (tertiary/aromatic N) is 1. The average molecular weight is 272 g/mol. The van der Waals surface area contributed by atoms with E-state index in [4.69, 9.17) is 0 Å². The molecule has 2 fully saturated rings. The minimum absolute atomic E-state index is 0.00590. The highest BCUT2D eigenvalue weighted by Gasteiger charge is 2.35. The van der Waals surface area contributed by atoms with E-state index in [0.717, 1.165) is 25.8 Å². The van der Waals surface area contributed by atoms with Crippen LogP contribution in [0.25, 0.3) is 0 Å². The largest absolute Gasteiger partial charge is 0.351 e. The van der Waals surface area contributed by atoms with Gasteiger partial charge < -0.3 is 10.2 Å². The predicted octanol–water partition coefficient (Wildman–Crippen LogP) is 1.36. The summed E-state index contributed by atoms with van der Waals surface area (Å²) < 4.78 is 0. The normalized spacial score (nSPS) is 22.1. The molecule has 4 nitrogen and oxygen atoms in total. The predicted molar refractivity (Wildman–Crippen MR) is 76.0 cm³/mol. The van der Waals surface area contributed by atoms with Crippen molar-refractivity contribution >= 4 is 11.8 Å². The fraction of sp³-hybridized carbons (Fsp3) is 0.500. The number of carbonyl (C=O) groups is 2. The molecule has 1 N–H and O–H groups in total. The van der Waals surface area contributed by atoms with E-state index >= 15 is 0 Å². The molecule has 2 aliphatic rings. The molecule has 1 saturated carbocycles. The highest BCUT2D eigenvalue weighted by molar-refractivity contribution is 5.84. The first-order valence-electron chi connectivity index (χ1n) is 7.34. The molecule has 4 heteroatoms. The molecule has 0 unspecified atom stereocenters. The van der Waals surface area contributed by atoms with Crippen LogP contribution in [0.4, 0.5) is 0 Å². The Morgan fingerprint density at radius 2 is 2.00 bits per heavy atom. The second kappa shape index (κ2) is 5.65. The summed E-state index contributed by atoms with van der Waals surface area (Å²) in [5.74, 6) is 0.498. The van der Waals surface area contributed by atoms with Crippen molar-refractivity contribution in [3.05, 3.63) is 35.9 Å². The van der Waals surface area contributed by atoms with Crippen molar-refractivity contribution in [2.45, 2.75) is 31.7 Å². The minimum Gasteiger partial charge on any atom is -0.351 e. The molecule has 0 aromatic heterocycles. The summed E-state index contributed by atoms with van der Waals surface area (Å²) in [6, 6.07) is 10.2. The first-order chi connectivity index (χ1) is 9.72. The average Bonchev–Trinajstić information content (AvgIpc) is 3.24. The third-order valence-electron chi connectivity index (χ3n) is 4.02. The van der Waals surface area contributed by atoms with Gasteiger partial charge in [0.1, 0.15) is 0 Å². The number of benzene rings is 1. The highest BCUT2D eigenvalue weighted by atomic mass is 16.2. The lowest BCUT2D eigenvalue weighted by Crippen LogP contribution is -2.38. The van der Waals surface area contributed by atoms with Crippen LogP contribution in [-0.2, 0) is 16.0 Å². The second-order valence-electron chi connectivity index (χ2n) is 5.76. The van der Waals surface area contributed by atoms with Gasteiger partial charge >= 0.3 is 0 Å². The Bertz CT molecular complexity index is 496. The van der Waals surface area contributed by atoms with E-state index in [1.54, 1.807) is 0 Å². The van der Waals surface area contributed by atoms with Gasteiger partial charge in [-0.2, -0.15) is 0 Å². The molecule has 0 bridgehead atoms. The number of likely N-dealkylation sites (tertiary alicyclic amines) is 1. The van der Waals surface area contributed by atoms with Crippen molar-refractivity contribution in [3.63, 3.8) is 0 Å². The molecule has 1 heterocycles. The van der Waals surface area contributed by atoms with E-state index in [9.17, 15) is 9.59 Å². The summed E-state index contributed by atoms with van der Waals surface area (Å²) in [6.45, 7) is 1.39. The van der Waals surface area contributed by atoms with Crippen LogP contribution >= 0.6 is 0 Å². The molecule has 3 rings (SSSR count). The Balaban J connectivity index is 1.48. The minimum atomic E-state index is 0.00590. The maximum absolute atomic E-state index is 11.9. The third kappa shape index (κ3) is 3.18. The van der Waals surface area contributed by atoms with E-state index in [0.29, 0.717) is 13.0 Å². The Hall–Kier alpha value is -1.84. The topological polar surface area (TPSA) is 49.4 Å². The van der Waals surface area contributed by atoms with Crippen LogP contribution in [0.2, 0.25) is 0 Å². The third-order valence-corrected chi connectivity index (χ3v) is 4.02. The Kier molecular flexibility index (Phi) is 3.72. The lowest BCUT2D eigenvalue weighted by Gasteiger charge is -2.17. The van der Waals surface area contributed by atoms with Crippen LogP contribution in [0.15, 0.2) is 30.3 Å². The summed E-state index contributed by atoms with van der Waals surface area (Å²) in [6.07, 6.45) is 3.33. The summed E-state index contributed by atoms with van der Waals surface area (Å²) in [7, 11) is 0. The summed E-state index contributed by atoms with van der Waals surface area (Å²) >= 11 is 0. The number of rotatable bonds is 5. The van der Waals surface area contributed by atoms with Gasteiger partial charge in [0, 0.05) is 25.4 Å². The molecular formula is C16H20N2O2. The van der Waals surface area contributed by atoms with Gasteiger partial charge in [0.05, 0.1) is 6.04 Å².